The minimum atomic E-state index is -0.336. The number of benzene rings is 1. The maximum atomic E-state index is 13.3. The van der Waals surface area contributed by atoms with Crippen molar-refractivity contribution >= 4 is 23.3 Å². The van der Waals surface area contributed by atoms with Crippen LogP contribution in [0.15, 0.2) is 29.0 Å². The summed E-state index contributed by atoms with van der Waals surface area (Å²) in [6.07, 6.45) is 5.04. The Morgan fingerprint density at radius 2 is 2.03 bits per heavy atom. The van der Waals surface area contributed by atoms with Crippen molar-refractivity contribution in [3.8, 4) is 0 Å². The van der Waals surface area contributed by atoms with Crippen LogP contribution in [0.1, 0.15) is 65.1 Å². The topological polar surface area (TPSA) is 92.5 Å². The Morgan fingerprint density at radius 1 is 1.27 bits per heavy atom. The van der Waals surface area contributed by atoms with Gasteiger partial charge < -0.3 is 14.7 Å². The van der Waals surface area contributed by atoms with Crippen LogP contribution < -0.4 is 10.2 Å². The number of aryl methyl sites for hydroxylation is 1. The van der Waals surface area contributed by atoms with Gasteiger partial charge in [-0.05, 0) is 49.9 Å². The molecule has 1 fully saturated rings. The van der Waals surface area contributed by atoms with E-state index in [0.717, 1.165) is 12.3 Å². The number of aromatic nitrogens is 1. The second kappa shape index (κ2) is 8.05. The third-order valence-electron chi connectivity index (χ3n) is 6.34. The van der Waals surface area contributed by atoms with Crippen molar-refractivity contribution in [1.82, 2.24) is 10.5 Å². The molecule has 0 saturated heterocycles. The lowest BCUT2D eigenvalue weighted by molar-refractivity contribution is -0.121. The number of anilines is 1. The third-order valence-corrected chi connectivity index (χ3v) is 6.34. The van der Waals surface area contributed by atoms with Crippen LogP contribution in [0.25, 0.3) is 0 Å². The van der Waals surface area contributed by atoms with Crippen molar-refractivity contribution in [1.29, 1.82) is 0 Å². The summed E-state index contributed by atoms with van der Waals surface area (Å²) in [5.74, 6) is 0.0535. The molecule has 7 nitrogen and oxygen atoms in total. The van der Waals surface area contributed by atoms with Gasteiger partial charge in [-0.15, -0.1) is 0 Å². The molecule has 2 aliphatic rings. The third kappa shape index (κ3) is 3.88. The molecule has 1 aliphatic heterocycles. The molecule has 158 valence electrons. The molecule has 0 spiro atoms. The van der Waals surface area contributed by atoms with Gasteiger partial charge >= 0.3 is 0 Å². The SMILES string of the molecule is Cc1nocc1C(=O)N1c2ccc(C(=O)NCCC3CC3)cc2CC(=O)C(C)C1C. The van der Waals surface area contributed by atoms with Gasteiger partial charge in [-0.25, -0.2) is 0 Å². The predicted molar refractivity (Wildman–Crippen MR) is 112 cm³/mol. The predicted octanol–water partition coefficient (Wildman–Crippen LogP) is 3.31. The number of fused-ring (bicyclic) bond motifs is 1. The zero-order valence-corrected chi connectivity index (χ0v) is 17.6. The van der Waals surface area contributed by atoms with Crippen molar-refractivity contribution in [2.75, 3.05) is 11.4 Å². The van der Waals surface area contributed by atoms with Crippen LogP contribution in [-0.2, 0) is 11.2 Å². The van der Waals surface area contributed by atoms with E-state index in [1.54, 1.807) is 30.0 Å². The Balaban J connectivity index is 1.65. The molecule has 1 saturated carbocycles. The number of nitrogens with zero attached hydrogens (tertiary/aromatic N) is 2. The summed E-state index contributed by atoms with van der Waals surface area (Å²) in [7, 11) is 0. The zero-order chi connectivity index (χ0) is 21.4. The highest BCUT2D eigenvalue weighted by atomic mass is 16.5. The van der Waals surface area contributed by atoms with Gasteiger partial charge in [0.25, 0.3) is 11.8 Å². The van der Waals surface area contributed by atoms with Gasteiger partial charge in [0.1, 0.15) is 17.6 Å². The van der Waals surface area contributed by atoms with Crippen LogP contribution in [0.5, 0.6) is 0 Å². The van der Waals surface area contributed by atoms with E-state index < -0.39 is 0 Å². The van der Waals surface area contributed by atoms with E-state index in [1.807, 2.05) is 13.8 Å². The summed E-state index contributed by atoms with van der Waals surface area (Å²) in [6.45, 7) is 6.08. The highest BCUT2D eigenvalue weighted by Gasteiger charge is 2.36. The van der Waals surface area contributed by atoms with Crippen molar-refractivity contribution in [2.24, 2.45) is 11.8 Å². The standard InChI is InChI=1S/C23H27N3O4/c1-13-15(3)26(23(29)19-12-30-25-14(19)2)20-7-6-17(10-18(20)11-21(13)27)22(28)24-9-8-16-4-5-16/h6-7,10,12-13,15-16H,4-5,8-9,11H2,1-3H3,(H,24,28). The smallest absolute Gasteiger partial charge is 0.263 e. The molecule has 2 aromatic rings. The van der Waals surface area contributed by atoms with E-state index in [1.165, 1.54) is 19.1 Å². The molecule has 1 aromatic carbocycles. The maximum absolute atomic E-state index is 13.3. The minimum Gasteiger partial charge on any atom is -0.364 e. The van der Waals surface area contributed by atoms with E-state index in [2.05, 4.69) is 10.5 Å². The zero-order valence-electron chi connectivity index (χ0n) is 17.6. The molecule has 2 amide bonds. The Labute approximate surface area is 175 Å². The monoisotopic (exact) mass is 409 g/mol. The fraction of sp³-hybridized carbons (Fsp3) is 0.478. The van der Waals surface area contributed by atoms with Crippen molar-refractivity contribution in [2.45, 2.75) is 52.5 Å². The molecule has 0 bridgehead atoms. The number of nitrogens with one attached hydrogen (secondary N) is 1. The first kappa shape index (κ1) is 20.3. The molecule has 30 heavy (non-hydrogen) atoms. The molecule has 2 atom stereocenters. The first-order valence-electron chi connectivity index (χ1n) is 10.5. The van der Waals surface area contributed by atoms with Crippen LogP contribution in [0, 0.1) is 18.8 Å². The number of ketones is 1. The molecule has 7 heteroatoms. The Bertz CT molecular complexity index is 992. The summed E-state index contributed by atoms with van der Waals surface area (Å²) < 4.78 is 4.95. The number of carbonyl (C=O) groups is 3. The molecule has 1 aliphatic carbocycles. The van der Waals surface area contributed by atoms with Crippen LogP contribution in [-0.4, -0.2) is 35.3 Å². The summed E-state index contributed by atoms with van der Waals surface area (Å²) >= 11 is 0. The van der Waals surface area contributed by atoms with Gasteiger partial charge in [0.15, 0.2) is 0 Å². The Morgan fingerprint density at radius 3 is 2.70 bits per heavy atom. The number of Topliss-reactive ketones (excluding diaryl/α,β-unsaturated/α-hetero) is 1. The molecule has 1 aromatic heterocycles. The van der Waals surface area contributed by atoms with Crippen molar-refractivity contribution in [3.05, 3.63) is 46.8 Å². The minimum absolute atomic E-state index is 0.0485. The van der Waals surface area contributed by atoms with Gasteiger partial charge in [-0.3, -0.25) is 14.4 Å². The van der Waals surface area contributed by atoms with E-state index in [-0.39, 0.29) is 36.0 Å². The van der Waals surface area contributed by atoms with E-state index >= 15 is 0 Å². The highest BCUT2D eigenvalue weighted by Crippen LogP contribution is 2.34. The number of amides is 2. The molecule has 1 N–H and O–H groups in total. The normalized spacial score (nSPS) is 21.2. The second-order valence-electron chi connectivity index (χ2n) is 8.49. The molecule has 4 rings (SSSR count). The quantitative estimate of drug-likeness (QED) is 0.818. The average Bonchev–Trinajstić information content (AvgIpc) is 3.46. The molecular weight excluding hydrogens is 382 g/mol. The molecular formula is C23H27N3O4. The van der Waals surface area contributed by atoms with Crippen LogP contribution in [0.3, 0.4) is 0 Å². The number of rotatable bonds is 5. The lowest BCUT2D eigenvalue weighted by Crippen LogP contribution is -2.43. The van der Waals surface area contributed by atoms with E-state index in [0.29, 0.717) is 34.6 Å². The lowest BCUT2D eigenvalue weighted by Gasteiger charge is -2.31. The van der Waals surface area contributed by atoms with Crippen molar-refractivity contribution in [3.63, 3.8) is 0 Å². The molecule has 2 unspecified atom stereocenters. The van der Waals surface area contributed by atoms with Crippen LogP contribution in [0.4, 0.5) is 5.69 Å². The molecule has 2 heterocycles. The van der Waals surface area contributed by atoms with Gasteiger partial charge in [0.2, 0.25) is 0 Å². The summed E-state index contributed by atoms with van der Waals surface area (Å²) in [6, 6.07) is 4.90. The van der Waals surface area contributed by atoms with E-state index in [9.17, 15) is 14.4 Å². The highest BCUT2D eigenvalue weighted by molar-refractivity contribution is 6.09. The number of hydrogen-bond donors (Lipinski definition) is 1. The van der Waals surface area contributed by atoms with Gasteiger partial charge in [-0.1, -0.05) is 24.9 Å². The number of carbonyl (C=O) groups excluding carboxylic acids is 3. The van der Waals surface area contributed by atoms with Crippen LogP contribution >= 0.6 is 0 Å². The Kier molecular flexibility index (Phi) is 5.45. The number of hydrogen-bond acceptors (Lipinski definition) is 5. The summed E-state index contributed by atoms with van der Waals surface area (Å²) in [5.41, 5.74) is 2.72. The average molecular weight is 409 g/mol. The van der Waals surface area contributed by atoms with Gasteiger partial charge in [0.05, 0.1) is 5.69 Å². The largest absolute Gasteiger partial charge is 0.364 e. The van der Waals surface area contributed by atoms with Gasteiger partial charge in [0, 0.05) is 36.2 Å². The summed E-state index contributed by atoms with van der Waals surface area (Å²) in [5, 5.41) is 6.77. The maximum Gasteiger partial charge on any atom is 0.263 e. The van der Waals surface area contributed by atoms with Crippen LogP contribution in [0.2, 0.25) is 0 Å². The van der Waals surface area contributed by atoms with Gasteiger partial charge in [-0.2, -0.15) is 0 Å². The van der Waals surface area contributed by atoms with Crippen molar-refractivity contribution < 1.29 is 18.9 Å². The lowest BCUT2D eigenvalue weighted by atomic mass is 9.95. The first-order chi connectivity index (χ1) is 14.4. The Hall–Kier alpha value is -2.96. The second-order valence-corrected chi connectivity index (χ2v) is 8.49. The van der Waals surface area contributed by atoms with E-state index in [4.69, 9.17) is 4.52 Å². The fourth-order valence-electron chi connectivity index (χ4n) is 3.98. The summed E-state index contributed by atoms with van der Waals surface area (Å²) in [4.78, 5) is 40.3. The fourth-order valence-corrected chi connectivity index (χ4v) is 3.98. The first-order valence-corrected chi connectivity index (χ1v) is 10.5. The molecule has 0 radical (unpaired) electrons.